The summed E-state index contributed by atoms with van der Waals surface area (Å²) in [4.78, 5) is 4.05. The lowest BCUT2D eigenvalue weighted by atomic mass is 10.3. The molecule has 0 aromatic carbocycles. The quantitative estimate of drug-likeness (QED) is 0.835. The molecule has 0 fully saturated rings. The number of pyridine rings is 1. The third-order valence-corrected chi connectivity index (χ3v) is 5.10. The van der Waals surface area contributed by atoms with Crippen LogP contribution in [0.15, 0.2) is 23.4 Å². The molecule has 0 aliphatic heterocycles. The van der Waals surface area contributed by atoms with Gasteiger partial charge in [0.1, 0.15) is 0 Å². The molecule has 5 nitrogen and oxygen atoms in total. The fourth-order valence-electron chi connectivity index (χ4n) is 1.62. The van der Waals surface area contributed by atoms with E-state index in [1.165, 1.54) is 10.5 Å². The first-order valence-electron chi connectivity index (χ1n) is 6.62. The van der Waals surface area contributed by atoms with E-state index in [1.807, 2.05) is 20.8 Å². The molecule has 1 heterocycles. The van der Waals surface area contributed by atoms with Gasteiger partial charge in [-0.05, 0) is 31.9 Å². The van der Waals surface area contributed by atoms with Crippen molar-refractivity contribution < 1.29 is 8.42 Å². The minimum Gasteiger partial charge on any atom is -0.383 e. The molecule has 1 N–H and O–H groups in total. The van der Waals surface area contributed by atoms with Gasteiger partial charge in [0.05, 0.1) is 5.69 Å². The summed E-state index contributed by atoms with van der Waals surface area (Å²) in [6.45, 7) is 6.61. The molecule has 19 heavy (non-hydrogen) atoms. The van der Waals surface area contributed by atoms with Crippen LogP contribution < -0.4 is 5.32 Å². The zero-order valence-corrected chi connectivity index (χ0v) is 12.9. The van der Waals surface area contributed by atoms with Crippen molar-refractivity contribution in [2.45, 2.75) is 44.7 Å². The van der Waals surface area contributed by atoms with Gasteiger partial charge < -0.3 is 5.32 Å². The molecule has 0 saturated heterocycles. The molecule has 1 aromatic heterocycles. The van der Waals surface area contributed by atoms with E-state index in [4.69, 9.17) is 0 Å². The van der Waals surface area contributed by atoms with Crippen molar-refractivity contribution >= 4 is 15.7 Å². The maximum Gasteiger partial charge on any atom is 0.262 e. The molecule has 1 unspecified atom stereocenters. The predicted molar refractivity (Wildman–Crippen MR) is 77.7 cm³/mol. The summed E-state index contributed by atoms with van der Waals surface area (Å²) in [6, 6.07) is 3.44. The van der Waals surface area contributed by atoms with Crippen molar-refractivity contribution in [1.82, 2.24) is 9.29 Å². The molecule has 0 spiro atoms. The van der Waals surface area contributed by atoms with Crippen LogP contribution in [0.4, 0.5) is 5.69 Å². The summed E-state index contributed by atoms with van der Waals surface area (Å²) in [7, 11) is -1.95. The van der Waals surface area contributed by atoms with Gasteiger partial charge in [0, 0.05) is 25.8 Å². The number of hydrogen-bond donors (Lipinski definition) is 1. The summed E-state index contributed by atoms with van der Waals surface area (Å²) >= 11 is 0. The Bertz CT molecular complexity index is 502. The summed E-state index contributed by atoms with van der Waals surface area (Å²) in [5.41, 5.74) is 0.569. The van der Waals surface area contributed by atoms with Gasteiger partial charge in [-0.3, -0.25) is 0 Å². The number of sulfonamides is 1. The van der Waals surface area contributed by atoms with E-state index in [9.17, 15) is 8.42 Å². The summed E-state index contributed by atoms with van der Waals surface area (Å²) in [5.74, 6) is 0. The van der Waals surface area contributed by atoms with Gasteiger partial charge >= 0.3 is 0 Å². The van der Waals surface area contributed by atoms with Crippen molar-refractivity contribution in [3.8, 4) is 0 Å². The van der Waals surface area contributed by atoms with Crippen molar-refractivity contribution in [2.24, 2.45) is 0 Å². The zero-order valence-electron chi connectivity index (χ0n) is 12.0. The van der Waals surface area contributed by atoms with Crippen molar-refractivity contribution in [2.75, 3.05) is 18.9 Å². The first-order valence-corrected chi connectivity index (χ1v) is 8.06. The van der Waals surface area contributed by atoms with E-state index in [2.05, 4.69) is 10.3 Å². The lowest BCUT2D eigenvalue weighted by molar-refractivity contribution is 0.379. The molecule has 0 aliphatic rings. The number of nitrogens with zero attached hydrogens (tertiary/aromatic N) is 2. The average molecular weight is 285 g/mol. The molecule has 0 bridgehead atoms. The monoisotopic (exact) mass is 285 g/mol. The Morgan fingerprint density at radius 1 is 1.42 bits per heavy atom. The van der Waals surface area contributed by atoms with Crippen molar-refractivity contribution in [3.05, 3.63) is 18.3 Å². The van der Waals surface area contributed by atoms with E-state index in [0.29, 0.717) is 5.69 Å². The molecule has 0 radical (unpaired) electrons. The first-order chi connectivity index (χ1) is 8.95. The van der Waals surface area contributed by atoms with Gasteiger partial charge in [-0.1, -0.05) is 13.8 Å². The van der Waals surface area contributed by atoms with Gasteiger partial charge in [-0.15, -0.1) is 0 Å². The van der Waals surface area contributed by atoms with E-state index >= 15 is 0 Å². The minimum absolute atomic E-state index is 0.0500. The highest BCUT2D eigenvalue weighted by Gasteiger charge is 2.28. The lowest BCUT2D eigenvalue weighted by Crippen LogP contribution is -2.35. The molecule has 1 aromatic rings. The van der Waals surface area contributed by atoms with Crippen LogP contribution in [0.5, 0.6) is 0 Å². The Kier molecular flexibility index (Phi) is 5.75. The van der Waals surface area contributed by atoms with E-state index in [-0.39, 0.29) is 11.1 Å². The molecular weight excluding hydrogens is 262 g/mol. The number of aromatic nitrogens is 1. The number of hydrogen-bond acceptors (Lipinski definition) is 4. The van der Waals surface area contributed by atoms with Crippen molar-refractivity contribution in [3.63, 3.8) is 0 Å². The normalized spacial score (nSPS) is 13.5. The highest BCUT2D eigenvalue weighted by Crippen LogP contribution is 2.23. The lowest BCUT2D eigenvalue weighted by Gasteiger charge is -2.23. The van der Waals surface area contributed by atoms with Crippen LogP contribution in [0, 0.1) is 0 Å². The molecule has 0 amide bonds. The Hall–Kier alpha value is -1.14. The Morgan fingerprint density at radius 2 is 2.11 bits per heavy atom. The predicted octanol–water partition coefficient (Wildman–Crippen LogP) is 2.32. The van der Waals surface area contributed by atoms with Crippen LogP contribution >= 0.6 is 0 Å². The molecule has 1 atom stereocenters. The van der Waals surface area contributed by atoms with Gasteiger partial charge in [0.15, 0.2) is 5.03 Å². The molecule has 0 aliphatic carbocycles. The topological polar surface area (TPSA) is 62.3 Å². The average Bonchev–Trinajstić information content (AvgIpc) is 2.43. The van der Waals surface area contributed by atoms with Gasteiger partial charge in [0.2, 0.25) is 0 Å². The zero-order chi connectivity index (χ0) is 14.5. The number of anilines is 1. The van der Waals surface area contributed by atoms with Crippen LogP contribution in [-0.2, 0) is 10.0 Å². The first kappa shape index (κ1) is 15.9. The second kappa shape index (κ2) is 6.86. The maximum absolute atomic E-state index is 12.5. The highest BCUT2D eigenvalue weighted by molar-refractivity contribution is 7.89. The van der Waals surface area contributed by atoms with Crippen LogP contribution in [0.1, 0.15) is 33.6 Å². The van der Waals surface area contributed by atoms with E-state index in [0.717, 1.165) is 19.4 Å². The standard InChI is InChI=1S/C13H23N3O2S/c1-5-9-14-12-8-7-10-15-13(12)19(17,18)16(4)11(3)6-2/h7-8,10-11,14H,5-6,9H2,1-4H3. The SMILES string of the molecule is CCCNc1cccnc1S(=O)(=O)N(C)C(C)CC. The van der Waals surface area contributed by atoms with Gasteiger partial charge in [-0.2, -0.15) is 4.31 Å². The van der Waals surface area contributed by atoms with Crippen LogP contribution in [-0.4, -0.2) is 37.3 Å². The van der Waals surface area contributed by atoms with Crippen LogP contribution in [0.3, 0.4) is 0 Å². The molecule has 1 rings (SSSR count). The van der Waals surface area contributed by atoms with Gasteiger partial charge in [0.25, 0.3) is 10.0 Å². The number of nitrogens with one attached hydrogen (secondary N) is 1. The maximum atomic E-state index is 12.5. The number of rotatable bonds is 7. The summed E-state index contributed by atoms with van der Waals surface area (Å²) in [5, 5.41) is 3.22. The summed E-state index contributed by atoms with van der Waals surface area (Å²) < 4.78 is 26.5. The second-order valence-electron chi connectivity index (χ2n) is 4.56. The van der Waals surface area contributed by atoms with E-state index in [1.54, 1.807) is 19.2 Å². The Balaban J connectivity index is 3.14. The smallest absolute Gasteiger partial charge is 0.262 e. The molecule has 108 valence electrons. The highest BCUT2D eigenvalue weighted by atomic mass is 32.2. The third-order valence-electron chi connectivity index (χ3n) is 3.17. The van der Waals surface area contributed by atoms with E-state index < -0.39 is 10.0 Å². The fraction of sp³-hybridized carbons (Fsp3) is 0.615. The fourth-order valence-corrected chi connectivity index (χ4v) is 3.13. The third kappa shape index (κ3) is 3.67. The minimum atomic E-state index is -3.55. The van der Waals surface area contributed by atoms with Crippen molar-refractivity contribution in [1.29, 1.82) is 0 Å². The van der Waals surface area contributed by atoms with Gasteiger partial charge in [-0.25, -0.2) is 13.4 Å². The van der Waals surface area contributed by atoms with Crippen LogP contribution in [0.25, 0.3) is 0 Å². The Labute approximate surface area is 116 Å². The Morgan fingerprint density at radius 3 is 2.68 bits per heavy atom. The largest absolute Gasteiger partial charge is 0.383 e. The summed E-state index contributed by atoms with van der Waals surface area (Å²) in [6.07, 6.45) is 3.20. The van der Waals surface area contributed by atoms with Crippen LogP contribution in [0.2, 0.25) is 0 Å². The second-order valence-corrected chi connectivity index (χ2v) is 6.47. The molecular formula is C13H23N3O2S. The molecule has 6 heteroatoms. The molecule has 0 saturated carbocycles.